The molecule has 4 N–H and O–H groups in total. The fourth-order valence-electron chi connectivity index (χ4n) is 2.77. The molecule has 0 bridgehead atoms. The molecule has 0 aliphatic rings. The molecule has 2 aromatic heterocycles. The van der Waals surface area contributed by atoms with Gasteiger partial charge >= 0.3 is 0 Å². The van der Waals surface area contributed by atoms with Gasteiger partial charge in [0.1, 0.15) is 21.7 Å². The van der Waals surface area contributed by atoms with Gasteiger partial charge in [0.25, 0.3) is 5.56 Å². The van der Waals surface area contributed by atoms with Crippen molar-refractivity contribution in [2.24, 2.45) is 7.05 Å². The fraction of sp³-hybridized carbons (Fsp3) is 0.176. The lowest BCUT2D eigenvalue weighted by molar-refractivity contribution is 0.794. The molecule has 0 amide bonds. The van der Waals surface area contributed by atoms with Gasteiger partial charge in [-0.2, -0.15) is 0 Å². The first-order chi connectivity index (χ1) is 11.9. The Kier molecular flexibility index (Phi) is 4.71. The summed E-state index contributed by atoms with van der Waals surface area (Å²) in [5.41, 5.74) is 8.05. The Morgan fingerprint density at radius 3 is 2.88 bits per heavy atom. The predicted molar refractivity (Wildman–Crippen MR) is 109 cm³/mol. The normalized spacial score (nSPS) is 10.8. The zero-order valence-electron chi connectivity index (χ0n) is 13.8. The minimum Gasteiger partial charge on any atom is -0.383 e. The monoisotopic (exact) mass is 448 g/mol. The van der Waals surface area contributed by atoms with Gasteiger partial charge in [-0.1, -0.05) is 18.2 Å². The Bertz CT molecular complexity index is 1040. The molecule has 25 heavy (non-hydrogen) atoms. The first-order valence-corrected chi connectivity index (χ1v) is 8.65. The highest BCUT2D eigenvalue weighted by molar-refractivity contribution is 14.1. The zero-order valence-corrected chi connectivity index (χ0v) is 16.0. The SMILES string of the molecule is Cc1cccc2cc(CNc3ncnc(N)c3C(=N)I)n(C)c(=O)c12. The number of nitrogens with one attached hydrogen (secondary N) is 2. The number of fused-ring (bicyclic) bond motifs is 1. The van der Waals surface area contributed by atoms with Gasteiger partial charge in [-0.05, 0) is 46.5 Å². The first-order valence-electron chi connectivity index (χ1n) is 7.57. The minimum absolute atomic E-state index is 0.0311. The molecular formula is C17H17IN6O. The van der Waals surface area contributed by atoms with Crippen LogP contribution in [0.1, 0.15) is 16.8 Å². The number of aromatic nitrogens is 3. The summed E-state index contributed by atoms with van der Waals surface area (Å²) in [6, 6.07) is 7.79. The summed E-state index contributed by atoms with van der Waals surface area (Å²) in [6.45, 7) is 2.31. The average Bonchev–Trinajstić information content (AvgIpc) is 2.56. The number of hydrogen-bond acceptors (Lipinski definition) is 6. The Morgan fingerprint density at radius 2 is 2.16 bits per heavy atom. The maximum absolute atomic E-state index is 12.7. The first kappa shape index (κ1) is 17.3. The summed E-state index contributed by atoms with van der Waals surface area (Å²) < 4.78 is 1.88. The van der Waals surface area contributed by atoms with Gasteiger partial charge in [0.15, 0.2) is 0 Å². The van der Waals surface area contributed by atoms with Gasteiger partial charge in [-0.15, -0.1) is 0 Å². The van der Waals surface area contributed by atoms with Crippen LogP contribution in [0, 0.1) is 12.3 Å². The third-order valence-corrected chi connectivity index (χ3v) is 4.65. The molecule has 0 saturated carbocycles. The zero-order chi connectivity index (χ0) is 18.1. The molecule has 0 aliphatic heterocycles. The van der Waals surface area contributed by atoms with Gasteiger partial charge in [0, 0.05) is 12.7 Å². The number of aryl methyl sites for hydroxylation is 1. The number of nitrogens with zero attached hydrogens (tertiary/aromatic N) is 3. The minimum atomic E-state index is -0.0311. The molecule has 7 nitrogen and oxygen atoms in total. The summed E-state index contributed by atoms with van der Waals surface area (Å²) in [5.74, 6) is 0.726. The van der Waals surface area contributed by atoms with Crippen LogP contribution < -0.4 is 16.6 Å². The van der Waals surface area contributed by atoms with Crippen LogP contribution in [0.3, 0.4) is 0 Å². The van der Waals surface area contributed by atoms with Crippen molar-refractivity contribution in [3.05, 3.63) is 57.8 Å². The second-order valence-electron chi connectivity index (χ2n) is 5.69. The fourth-order valence-corrected chi connectivity index (χ4v) is 3.30. The highest BCUT2D eigenvalue weighted by Gasteiger charge is 2.13. The third-order valence-electron chi connectivity index (χ3n) is 4.11. The van der Waals surface area contributed by atoms with Crippen molar-refractivity contribution in [2.75, 3.05) is 11.1 Å². The van der Waals surface area contributed by atoms with E-state index < -0.39 is 0 Å². The molecule has 0 atom stereocenters. The van der Waals surface area contributed by atoms with Crippen LogP contribution in [0.4, 0.5) is 11.6 Å². The van der Waals surface area contributed by atoms with E-state index in [1.165, 1.54) is 6.33 Å². The molecule has 2 heterocycles. The maximum Gasteiger partial charge on any atom is 0.258 e. The van der Waals surface area contributed by atoms with Gasteiger partial charge in [0.05, 0.1) is 17.5 Å². The van der Waals surface area contributed by atoms with E-state index in [0.29, 0.717) is 17.9 Å². The lowest BCUT2D eigenvalue weighted by Crippen LogP contribution is -2.23. The van der Waals surface area contributed by atoms with E-state index in [1.54, 1.807) is 11.6 Å². The van der Waals surface area contributed by atoms with Gasteiger partial charge in [0.2, 0.25) is 0 Å². The second-order valence-corrected chi connectivity index (χ2v) is 6.77. The maximum atomic E-state index is 12.7. The quantitative estimate of drug-likeness (QED) is 0.420. The van der Waals surface area contributed by atoms with E-state index in [4.69, 9.17) is 11.1 Å². The molecule has 0 unspecified atom stereocenters. The molecule has 3 aromatic rings. The third kappa shape index (κ3) is 3.21. The van der Waals surface area contributed by atoms with Crippen LogP contribution in [0.15, 0.2) is 35.4 Å². The molecule has 0 spiro atoms. The Balaban J connectivity index is 2.01. The van der Waals surface area contributed by atoms with E-state index in [9.17, 15) is 4.79 Å². The molecule has 128 valence electrons. The van der Waals surface area contributed by atoms with Crippen molar-refractivity contribution in [2.45, 2.75) is 13.5 Å². The Morgan fingerprint density at radius 1 is 1.40 bits per heavy atom. The Labute approximate surface area is 157 Å². The van der Waals surface area contributed by atoms with Crippen LogP contribution in [0.25, 0.3) is 10.8 Å². The summed E-state index contributed by atoms with van der Waals surface area (Å²) in [6.07, 6.45) is 1.35. The molecule has 0 saturated heterocycles. The van der Waals surface area contributed by atoms with Crippen molar-refractivity contribution < 1.29 is 0 Å². The van der Waals surface area contributed by atoms with Crippen molar-refractivity contribution in [1.29, 1.82) is 5.41 Å². The number of pyridine rings is 1. The van der Waals surface area contributed by atoms with Crippen LogP contribution in [-0.2, 0) is 13.6 Å². The van der Waals surface area contributed by atoms with Gasteiger partial charge in [-0.25, -0.2) is 9.97 Å². The lowest BCUT2D eigenvalue weighted by Gasteiger charge is -2.14. The van der Waals surface area contributed by atoms with Gasteiger partial charge < -0.3 is 15.6 Å². The molecular weight excluding hydrogens is 431 g/mol. The standard InChI is InChI=1S/C17H17IN6O/c1-9-4-3-5-10-6-11(24(2)17(25)12(9)10)7-21-16-13(14(18)19)15(20)22-8-23-16/h3-6,8,19H,7H2,1-2H3,(H3,20,21,22,23). The van der Waals surface area contributed by atoms with Crippen LogP contribution in [0.5, 0.6) is 0 Å². The number of nitrogen functional groups attached to an aromatic ring is 1. The number of halogens is 1. The van der Waals surface area contributed by atoms with Gasteiger partial charge in [-0.3, -0.25) is 10.2 Å². The van der Waals surface area contributed by atoms with E-state index in [0.717, 1.165) is 22.0 Å². The van der Waals surface area contributed by atoms with Crippen molar-refractivity contribution in [3.8, 4) is 0 Å². The Hall–Kier alpha value is -2.49. The predicted octanol–water partition coefficient (Wildman–Crippen LogP) is 2.59. The van der Waals surface area contributed by atoms with E-state index in [-0.39, 0.29) is 15.1 Å². The number of hydrogen-bond donors (Lipinski definition) is 3. The molecule has 8 heteroatoms. The topological polar surface area (TPSA) is 110 Å². The highest BCUT2D eigenvalue weighted by atomic mass is 127. The van der Waals surface area contributed by atoms with E-state index >= 15 is 0 Å². The number of benzene rings is 1. The summed E-state index contributed by atoms with van der Waals surface area (Å²) in [5, 5.41) is 12.6. The molecule has 0 fully saturated rings. The summed E-state index contributed by atoms with van der Waals surface area (Å²) in [7, 11) is 1.75. The largest absolute Gasteiger partial charge is 0.383 e. The molecule has 0 radical (unpaired) electrons. The smallest absolute Gasteiger partial charge is 0.258 e. The lowest BCUT2D eigenvalue weighted by atomic mass is 10.1. The van der Waals surface area contributed by atoms with Crippen molar-refractivity contribution in [3.63, 3.8) is 0 Å². The van der Waals surface area contributed by atoms with Crippen LogP contribution in [0.2, 0.25) is 0 Å². The molecule has 3 rings (SSSR count). The van der Waals surface area contributed by atoms with E-state index in [2.05, 4.69) is 15.3 Å². The highest BCUT2D eigenvalue weighted by Crippen LogP contribution is 2.22. The average molecular weight is 448 g/mol. The van der Waals surface area contributed by atoms with Crippen molar-refractivity contribution >= 4 is 48.7 Å². The van der Waals surface area contributed by atoms with E-state index in [1.807, 2.05) is 53.8 Å². The number of nitrogens with two attached hydrogens (primary N) is 1. The van der Waals surface area contributed by atoms with Crippen LogP contribution >= 0.6 is 22.6 Å². The second kappa shape index (κ2) is 6.79. The number of anilines is 2. The van der Waals surface area contributed by atoms with Crippen molar-refractivity contribution in [1.82, 2.24) is 14.5 Å². The summed E-state index contributed by atoms with van der Waals surface area (Å²) in [4.78, 5) is 20.8. The molecule has 0 aliphatic carbocycles. The summed E-state index contributed by atoms with van der Waals surface area (Å²) >= 11 is 1.87. The number of rotatable bonds is 4. The van der Waals surface area contributed by atoms with Crippen LogP contribution in [-0.4, -0.2) is 18.3 Å². The molecule has 1 aromatic carbocycles.